The number of allylic oxidation sites excluding steroid dienone is 2. The molecule has 3 aliphatic carbocycles. The van der Waals surface area contributed by atoms with Crippen molar-refractivity contribution in [2.45, 2.75) is 118 Å². The lowest BCUT2D eigenvalue weighted by Gasteiger charge is -2.67. The molecule has 0 radical (unpaired) electrons. The number of esters is 4. The largest absolute Gasteiger partial charge is 0.472 e. The molecule has 44 heavy (non-hydrogen) atoms. The summed E-state index contributed by atoms with van der Waals surface area (Å²) in [4.78, 5) is 51.8. The normalized spacial score (nSPS) is 38.8. The maximum absolute atomic E-state index is 13.3. The van der Waals surface area contributed by atoms with E-state index < -0.39 is 64.0 Å². The van der Waals surface area contributed by atoms with E-state index in [-0.39, 0.29) is 24.2 Å². The Morgan fingerprint density at radius 3 is 2.07 bits per heavy atom. The van der Waals surface area contributed by atoms with E-state index in [0.29, 0.717) is 19.3 Å². The second-order valence-corrected chi connectivity index (χ2v) is 14.6. The molecular weight excluding hydrogens is 564 g/mol. The molecule has 1 aromatic rings. The predicted molar refractivity (Wildman–Crippen MR) is 160 cm³/mol. The van der Waals surface area contributed by atoms with E-state index in [9.17, 15) is 19.2 Å². The molecule has 9 atom stereocenters. The van der Waals surface area contributed by atoms with Gasteiger partial charge in [-0.2, -0.15) is 0 Å². The molecule has 2 heterocycles. The molecule has 0 N–H and O–H groups in total. The average molecular weight is 611 g/mol. The van der Waals surface area contributed by atoms with Crippen LogP contribution in [0, 0.1) is 28.1 Å². The Labute approximate surface area is 259 Å². The van der Waals surface area contributed by atoms with Crippen molar-refractivity contribution in [3.05, 3.63) is 47.5 Å². The van der Waals surface area contributed by atoms with E-state index >= 15 is 0 Å². The van der Waals surface area contributed by atoms with Gasteiger partial charge in [-0.15, -0.1) is 0 Å². The number of rotatable bonds is 5. The third-order valence-electron chi connectivity index (χ3n) is 11.4. The quantitative estimate of drug-likeness (QED) is 0.166. The van der Waals surface area contributed by atoms with Gasteiger partial charge in [0.2, 0.25) is 0 Å². The number of carbonyl (C=O) groups excluding carboxylic acids is 4. The number of fused-ring (bicyclic) bond motifs is 5. The van der Waals surface area contributed by atoms with Crippen LogP contribution in [0.4, 0.5) is 0 Å². The first kappa shape index (κ1) is 32.0. The molecule has 2 saturated carbocycles. The van der Waals surface area contributed by atoms with Crippen LogP contribution >= 0.6 is 0 Å². The van der Waals surface area contributed by atoms with E-state index in [0.717, 1.165) is 16.7 Å². The molecule has 1 aromatic heterocycles. The van der Waals surface area contributed by atoms with Crippen molar-refractivity contribution in [3.63, 3.8) is 0 Å². The van der Waals surface area contributed by atoms with Gasteiger partial charge in [-0.05, 0) is 64.5 Å². The molecule has 1 aliphatic heterocycles. The second kappa shape index (κ2) is 10.9. The topological polar surface area (TPSA) is 118 Å². The van der Waals surface area contributed by atoms with Crippen LogP contribution in [-0.2, 0) is 38.1 Å². The van der Waals surface area contributed by atoms with E-state index in [1.807, 2.05) is 33.8 Å². The summed E-state index contributed by atoms with van der Waals surface area (Å²) >= 11 is 0. The van der Waals surface area contributed by atoms with Crippen molar-refractivity contribution in [2.75, 3.05) is 0 Å². The highest BCUT2D eigenvalue weighted by molar-refractivity contribution is 5.83. The molecule has 0 amide bonds. The van der Waals surface area contributed by atoms with Gasteiger partial charge in [0.05, 0.1) is 18.9 Å². The molecule has 4 aliphatic rings. The van der Waals surface area contributed by atoms with Gasteiger partial charge >= 0.3 is 23.9 Å². The first-order valence-electron chi connectivity index (χ1n) is 15.6. The van der Waals surface area contributed by atoms with Crippen LogP contribution in [0.2, 0.25) is 0 Å². The van der Waals surface area contributed by atoms with Crippen molar-refractivity contribution in [3.8, 4) is 0 Å². The van der Waals surface area contributed by atoms with Gasteiger partial charge in [0, 0.05) is 48.0 Å². The zero-order valence-electron chi connectivity index (χ0n) is 27.4. The molecular formula is C35H46O9. The van der Waals surface area contributed by atoms with Gasteiger partial charge in [0.25, 0.3) is 0 Å². The van der Waals surface area contributed by atoms with Crippen molar-refractivity contribution in [1.82, 2.24) is 0 Å². The Bertz CT molecular complexity index is 1400. The molecule has 0 spiro atoms. The average Bonchev–Trinajstić information content (AvgIpc) is 3.52. The summed E-state index contributed by atoms with van der Waals surface area (Å²) < 4.78 is 30.2. The van der Waals surface area contributed by atoms with Gasteiger partial charge in [-0.3, -0.25) is 14.4 Å². The zero-order chi connectivity index (χ0) is 32.4. The van der Waals surface area contributed by atoms with Gasteiger partial charge < -0.3 is 23.4 Å². The number of hydrogen-bond donors (Lipinski definition) is 0. The Hall–Kier alpha value is -3.36. The maximum atomic E-state index is 13.3. The van der Waals surface area contributed by atoms with Crippen molar-refractivity contribution in [2.24, 2.45) is 28.1 Å². The smallest absolute Gasteiger partial charge is 0.330 e. The summed E-state index contributed by atoms with van der Waals surface area (Å²) in [5.41, 5.74) is -0.322. The lowest BCUT2D eigenvalue weighted by Crippen LogP contribution is -2.69. The molecule has 1 saturated heterocycles. The predicted octanol–water partition coefficient (Wildman–Crippen LogP) is 6.22. The molecule has 9 nitrogen and oxygen atoms in total. The van der Waals surface area contributed by atoms with E-state index in [2.05, 4.69) is 26.8 Å². The Morgan fingerprint density at radius 2 is 1.48 bits per heavy atom. The SMILES string of the molecule is CC(=O)O[C@H]1C[C@@H]2[C@](C)(C3=CC[C@@H](c4ccoc4)[C@@]31C)[C@H](OC(=O)C=C(C)C)C[C@@H]1C(C)(C)OC(=O)C[C@H](OC(C)=O)[C@@]12C. The number of furan rings is 1. The van der Waals surface area contributed by atoms with E-state index in [1.165, 1.54) is 19.9 Å². The van der Waals surface area contributed by atoms with Gasteiger partial charge in [0.15, 0.2) is 0 Å². The summed E-state index contributed by atoms with van der Waals surface area (Å²) in [6.45, 7) is 16.6. The van der Waals surface area contributed by atoms with Crippen LogP contribution in [-0.4, -0.2) is 47.8 Å². The van der Waals surface area contributed by atoms with Crippen molar-refractivity contribution in [1.29, 1.82) is 0 Å². The second-order valence-electron chi connectivity index (χ2n) is 14.6. The zero-order valence-corrected chi connectivity index (χ0v) is 27.4. The van der Waals surface area contributed by atoms with Crippen LogP contribution in [0.15, 0.2) is 46.3 Å². The lowest BCUT2D eigenvalue weighted by molar-refractivity contribution is -0.237. The van der Waals surface area contributed by atoms with E-state index in [1.54, 1.807) is 12.5 Å². The Balaban J connectivity index is 1.76. The molecule has 0 bridgehead atoms. The fourth-order valence-electron chi connectivity index (χ4n) is 9.77. The highest BCUT2D eigenvalue weighted by atomic mass is 16.6. The fraction of sp³-hybridized carbons (Fsp3) is 0.657. The highest BCUT2D eigenvalue weighted by Crippen LogP contribution is 2.73. The van der Waals surface area contributed by atoms with Crippen LogP contribution in [0.25, 0.3) is 0 Å². The first-order valence-corrected chi connectivity index (χ1v) is 15.6. The van der Waals surface area contributed by atoms with Crippen LogP contribution in [0.1, 0.15) is 99.5 Å². The highest BCUT2D eigenvalue weighted by Gasteiger charge is 2.73. The van der Waals surface area contributed by atoms with Gasteiger partial charge in [-0.1, -0.05) is 38.0 Å². The third-order valence-corrected chi connectivity index (χ3v) is 11.4. The number of carbonyl (C=O) groups is 4. The van der Waals surface area contributed by atoms with E-state index in [4.69, 9.17) is 23.4 Å². The minimum atomic E-state index is -0.968. The van der Waals surface area contributed by atoms with Gasteiger partial charge in [0.1, 0.15) is 23.9 Å². The molecule has 0 aromatic carbocycles. The lowest BCUT2D eigenvalue weighted by atomic mass is 9.39. The fourth-order valence-corrected chi connectivity index (χ4v) is 9.77. The number of hydrogen-bond acceptors (Lipinski definition) is 9. The first-order chi connectivity index (χ1) is 20.4. The summed E-state index contributed by atoms with van der Waals surface area (Å²) in [7, 11) is 0. The molecule has 240 valence electrons. The van der Waals surface area contributed by atoms with Crippen LogP contribution in [0.5, 0.6) is 0 Å². The minimum absolute atomic E-state index is 0.0437. The molecule has 3 fully saturated rings. The Morgan fingerprint density at radius 1 is 0.864 bits per heavy atom. The van der Waals surface area contributed by atoms with Crippen molar-refractivity contribution >= 4 is 23.9 Å². The molecule has 5 rings (SSSR count). The molecule has 9 heteroatoms. The third kappa shape index (κ3) is 4.91. The monoisotopic (exact) mass is 610 g/mol. The Kier molecular flexibility index (Phi) is 7.95. The van der Waals surface area contributed by atoms with Crippen molar-refractivity contribution < 1.29 is 42.5 Å². The standard InChI is InChI=1S/C35H46O9/c1-19(2)14-30(38)43-28-15-25-32(5,6)44-31(39)17-29(42-21(4)37)35(25,9)26-16-27(41-20(3)36)33(7)23(22-12-13-40-18-22)10-11-24(33)34(26,28)8/h11-14,18,23,25-29H,10,15-17H2,1-9H3/t23-,25+,26+,27-,28+,29-,33-,34-,35-/m0/s1. The summed E-state index contributed by atoms with van der Waals surface area (Å²) in [5.74, 6) is -2.50. The van der Waals surface area contributed by atoms with Crippen LogP contribution < -0.4 is 0 Å². The number of cyclic esters (lactones) is 1. The molecule has 0 unspecified atom stereocenters. The minimum Gasteiger partial charge on any atom is -0.472 e. The summed E-state index contributed by atoms with van der Waals surface area (Å²) in [5, 5.41) is 0. The summed E-state index contributed by atoms with van der Waals surface area (Å²) in [6.07, 6.45) is 6.52. The van der Waals surface area contributed by atoms with Gasteiger partial charge in [-0.25, -0.2) is 4.79 Å². The summed E-state index contributed by atoms with van der Waals surface area (Å²) in [6, 6.07) is 1.95. The maximum Gasteiger partial charge on any atom is 0.330 e. The van der Waals surface area contributed by atoms with Crippen LogP contribution in [0.3, 0.4) is 0 Å². The number of ether oxygens (including phenoxy) is 4.